The van der Waals surface area contributed by atoms with Gasteiger partial charge < -0.3 is 32.8 Å². The molecule has 1 atom stereocenters. The minimum atomic E-state index is 0. The molecule has 0 radical (unpaired) electrons. The fourth-order valence-electron chi connectivity index (χ4n) is 3.93. The van der Waals surface area contributed by atoms with Crippen molar-refractivity contribution in [3.05, 3.63) is 89.4 Å². The van der Waals surface area contributed by atoms with Crippen molar-refractivity contribution in [2.75, 3.05) is 25.9 Å². The molecule has 0 saturated heterocycles. The van der Waals surface area contributed by atoms with Gasteiger partial charge in [-0.25, -0.2) is 0 Å². The van der Waals surface area contributed by atoms with Crippen LogP contribution in [0.5, 0.6) is 5.75 Å². The first kappa shape index (κ1) is 50.2. The third-order valence-corrected chi connectivity index (χ3v) is 6.31. The van der Waals surface area contributed by atoms with Crippen molar-refractivity contribution in [1.29, 1.82) is 0 Å². The summed E-state index contributed by atoms with van der Waals surface area (Å²) in [5, 5.41) is 0.615. The minimum Gasteiger partial charge on any atom is -0.870 e. The SMILES string of the molecule is C=C.CC.CCC.CCCN=Cc1cc(C)cc(OC)c1N.Cc1[c-]cc(C(CN)C2CC2)nc1-c1ccncc1Cl.[K+].[NH2-].[OH-]. The number of aromatic nitrogens is 2. The van der Waals surface area contributed by atoms with Gasteiger partial charge in [-0.05, 0) is 66.7 Å². The second-order valence-corrected chi connectivity index (χ2v) is 9.95. The number of pyridine rings is 2. The van der Waals surface area contributed by atoms with Gasteiger partial charge in [0.25, 0.3) is 0 Å². The summed E-state index contributed by atoms with van der Waals surface area (Å²) in [6.45, 7) is 21.8. The van der Waals surface area contributed by atoms with Crippen LogP contribution >= 0.6 is 11.6 Å². The first-order chi connectivity index (χ1) is 20.3. The molecule has 2 heterocycles. The van der Waals surface area contributed by atoms with Crippen LogP contribution in [0.25, 0.3) is 17.4 Å². The van der Waals surface area contributed by atoms with E-state index in [9.17, 15) is 0 Å². The van der Waals surface area contributed by atoms with E-state index in [4.69, 9.17) is 32.8 Å². The van der Waals surface area contributed by atoms with Gasteiger partial charge in [-0.3, -0.25) is 9.98 Å². The van der Waals surface area contributed by atoms with Crippen LogP contribution in [0, 0.1) is 25.8 Å². The molecule has 1 unspecified atom stereocenters. The van der Waals surface area contributed by atoms with E-state index in [2.05, 4.69) is 50.0 Å². The molecule has 10 heteroatoms. The second kappa shape index (κ2) is 29.7. The van der Waals surface area contributed by atoms with E-state index in [1.165, 1.54) is 19.3 Å². The third-order valence-electron chi connectivity index (χ3n) is 6.01. The zero-order valence-electron chi connectivity index (χ0n) is 29.2. The number of methoxy groups -OCH3 is 1. The van der Waals surface area contributed by atoms with Crippen molar-refractivity contribution >= 4 is 23.5 Å². The van der Waals surface area contributed by atoms with E-state index in [0.29, 0.717) is 34.8 Å². The molecule has 45 heavy (non-hydrogen) atoms. The summed E-state index contributed by atoms with van der Waals surface area (Å²) in [5.41, 5.74) is 18.4. The van der Waals surface area contributed by atoms with Gasteiger partial charge in [0.05, 0.1) is 17.8 Å². The summed E-state index contributed by atoms with van der Waals surface area (Å²) < 4.78 is 5.19. The van der Waals surface area contributed by atoms with Crippen molar-refractivity contribution in [3.8, 4) is 17.0 Å². The maximum absolute atomic E-state index is 6.23. The number of benzene rings is 1. The normalized spacial score (nSPS) is 11.4. The quantitative estimate of drug-likeness (QED) is 0.0909. The molecule has 1 fully saturated rings. The Labute approximate surface area is 321 Å². The van der Waals surface area contributed by atoms with E-state index in [1.807, 2.05) is 58.2 Å². The number of anilines is 1. The number of aliphatic imine (C=N–C) groups is 1. The molecule has 0 spiro atoms. The third kappa shape index (κ3) is 17.7. The zero-order chi connectivity index (χ0) is 32.1. The van der Waals surface area contributed by atoms with Crippen molar-refractivity contribution in [1.82, 2.24) is 9.97 Å². The summed E-state index contributed by atoms with van der Waals surface area (Å²) in [7, 11) is 1.62. The van der Waals surface area contributed by atoms with E-state index in [-0.39, 0.29) is 63.0 Å². The molecule has 1 aliphatic carbocycles. The summed E-state index contributed by atoms with van der Waals surface area (Å²) in [4.78, 5) is 13.1. The van der Waals surface area contributed by atoms with Crippen molar-refractivity contribution < 1.29 is 61.6 Å². The molecule has 0 bridgehead atoms. The van der Waals surface area contributed by atoms with Crippen molar-refractivity contribution in [2.24, 2.45) is 16.6 Å². The largest absolute Gasteiger partial charge is 1.00 e. The summed E-state index contributed by atoms with van der Waals surface area (Å²) in [6, 6.07) is 11.1. The maximum atomic E-state index is 6.23. The average Bonchev–Trinajstić information content (AvgIpc) is 3.85. The van der Waals surface area contributed by atoms with Gasteiger partial charge in [-0.2, -0.15) is 12.1 Å². The number of nitrogens with zero attached hydrogens (tertiary/aromatic N) is 3. The molecule has 3 aromatic rings. The summed E-state index contributed by atoms with van der Waals surface area (Å²) >= 11 is 6.23. The van der Waals surface area contributed by atoms with Crippen LogP contribution in [-0.2, 0) is 0 Å². The summed E-state index contributed by atoms with van der Waals surface area (Å²) in [6.07, 6.45) is 9.99. The molecule has 248 valence electrons. The first-order valence-electron chi connectivity index (χ1n) is 14.9. The Kier molecular flexibility index (Phi) is 33.2. The smallest absolute Gasteiger partial charge is 0.870 e. The number of aryl methyl sites for hydroxylation is 2. The number of hydrogen-bond acceptors (Lipinski definition) is 7. The molecule has 0 aliphatic heterocycles. The van der Waals surface area contributed by atoms with Gasteiger partial charge in [0, 0.05) is 30.7 Å². The molecule has 7 N–H and O–H groups in total. The van der Waals surface area contributed by atoms with Crippen LogP contribution in [0.4, 0.5) is 5.69 Å². The molecule has 8 nitrogen and oxygen atoms in total. The monoisotopic (exact) mass is 666 g/mol. The molecule has 0 amide bonds. The number of halogens is 1. The Bertz CT molecular complexity index is 1210. The number of ether oxygens (including phenoxy) is 1. The number of rotatable bonds is 8. The number of nitrogens with two attached hydrogens (primary N) is 3. The number of nitrogen functional groups attached to an aromatic ring is 1. The van der Waals surface area contributed by atoms with Crippen molar-refractivity contribution in [3.63, 3.8) is 0 Å². The second-order valence-electron chi connectivity index (χ2n) is 9.55. The Morgan fingerprint density at radius 1 is 1.18 bits per heavy atom. The fraction of sp³-hybridized carbons (Fsp3) is 0.457. The van der Waals surface area contributed by atoms with Gasteiger partial charge in [-0.15, -0.1) is 18.7 Å². The van der Waals surface area contributed by atoms with Crippen LogP contribution in [0.3, 0.4) is 0 Å². The standard InChI is InChI=1S/C16H17ClN3.C12H18N2O.C3H8.C2H6.C2H4.K.H2N.H2O/c1-10-2-5-15(13(8-18)11-3-4-11)20-16(10)12-6-7-19-9-14(12)17;1-4-5-14-8-10-6-9(2)7-11(15-3)12(10)13;1-3-2;2*1-2;;;/h5-7,9,11,13H,3-4,8,18H2,1H3;6-8H,4-5,13H2,1-3H3;3H2,1-2H3;1-2H3;1-2H2;;2*1H2/q-1;;;;;+1;-1;/p-1. The molecule has 1 saturated carbocycles. The van der Waals surface area contributed by atoms with Gasteiger partial charge in [0.1, 0.15) is 5.75 Å². The molecule has 4 rings (SSSR count). The maximum Gasteiger partial charge on any atom is 1.00 e. The van der Waals surface area contributed by atoms with Crippen LogP contribution in [0.1, 0.15) is 88.6 Å². The molecule has 1 aromatic carbocycles. The molecular weight excluding hydrogens is 611 g/mol. The van der Waals surface area contributed by atoms with Crippen LogP contribution in [-0.4, -0.2) is 41.9 Å². The number of hydrogen-bond donors (Lipinski definition) is 2. The van der Waals surface area contributed by atoms with Crippen molar-refractivity contribution in [2.45, 2.75) is 80.1 Å². The van der Waals surface area contributed by atoms with Gasteiger partial charge in [0.15, 0.2) is 0 Å². The van der Waals surface area contributed by atoms with E-state index in [0.717, 1.165) is 46.6 Å². The summed E-state index contributed by atoms with van der Waals surface area (Å²) in [5.74, 6) is 1.74. The van der Waals surface area contributed by atoms with Crippen LogP contribution in [0.15, 0.2) is 54.8 Å². The van der Waals surface area contributed by atoms with E-state index < -0.39 is 0 Å². The van der Waals surface area contributed by atoms with Gasteiger partial charge in [0.2, 0.25) is 0 Å². The predicted molar refractivity (Wildman–Crippen MR) is 191 cm³/mol. The Morgan fingerprint density at radius 2 is 1.78 bits per heavy atom. The van der Waals surface area contributed by atoms with Gasteiger partial charge in [-0.1, -0.05) is 78.1 Å². The Morgan fingerprint density at radius 3 is 2.27 bits per heavy atom. The molecule has 2 aromatic heterocycles. The van der Waals surface area contributed by atoms with Crippen LogP contribution < -0.4 is 67.6 Å². The average molecular weight is 667 g/mol. The first-order valence-corrected chi connectivity index (χ1v) is 15.3. The van der Waals surface area contributed by atoms with E-state index >= 15 is 0 Å². The van der Waals surface area contributed by atoms with Crippen LogP contribution in [0.2, 0.25) is 5.02 Å². The Hall–Kier alpha value is -1.66. The molecular formula is C35H56ClKN6O2-2. The zero-order valence-corrected chi connectivity index (χ0v) is 33.0. The fourth-order valence-corrected chi connectivity index (χ4v) is 4.14. The Balaban J connectivity index is -0.000000302. The van der Waals surface area contributed by atoms with Gasteiger partial charge >= 0.3 is 51.4 Å². The topological polar surface area (TPSA) is 163 Å². The molecule has 1 aliphatic rings. The van der Waals surface area contributed by atoms with E-state index in [1.54, 1.807) is 19.5 Å². The predicted octanol–water partition coefficient (Wildman–Crippen LogP) is 6.56. The minimum absolute atomic E-state index is 0.